The Balaban J connectivity index is 0.00000386. The summed E-state index contributed by atoms with van der Waals surface area (Å²) in [4.78, 5) is 109. The molecule has 7 amide bonds. The lowest BCUT2D eigenvalue weighted by atomic mass is 9.91. The lowest BCUT2D eigenvalue weighted by molar-refractivity contribution is -0.149. The van der Waals surface area contributed by atoms with Crippen LogP contribution in [0.1, 0.15) is 136 Å². The number of benzene rings is 1. The molecule has 442 valence electrons. The molecule has 0 bridgehead atoms. The van der Waals surface area contributed by atoms with Crippen LogP contribution in [0.4, 0.5) is 0 Å². The number of aliphatic carboxylic acids is 1. The van der Waals surface area contributed by atoms with Crippen molar-refractivity contribution in [3.05, 3.63) is 29.8 Å². The monoisotopic (exact) mass is 1110 g/mol. The number of amides is 7. The Morgan fingerprint density at radius 3 is 1.90 bits per heavy atom. The molecule has 0 radical (unpaired) electrons. The van der Waals surface area contributed by atoms with Gasteiger partial charge >= 0.3 is 0 Å². The smallest absolute Gasteiger partial charge is 0.300 e. The minimum atomic E-state index is -2.29. The first kappa shape index (κ1) is 66.7. The van der Waals surface area contributed by atoms with Crippen molar-refractivity contribution in [3.63, 3.8) is 0 Å². The molecule has 0 saturated carbocycles. The van der Waals surface area contributed by atoms with Crippen molar-refractivity contribution in [3.8, 4) is 5.75 Å². The summed E-state index contributed by atoms with van der Waals surface area (Å²) in [5.74, 6) is -7.72. The van der Waals surface area contributed by atoms with E-state index in [0.717, 1.165) is 74.3 Å². The van der Waals surface area contributed by atoms with Gasteiger partial charge in [-0.1, -0.05) is 77.8 Å². The number of nitrogens with one attached hydrogen (secondary N) is 5. The second kappa shape index (κ2) is 32.5. The molecule has 3 aliphatic rings. The predicted molar refractivity (Wildman–Crippen MR) is 279 cm³/mol. The Kier molecular flexibility index (Phi) is 27.8. The number of carboxylic acids is 1. The summed E-state index contributed by atoms with van der Waals surface area (Å²) in [6, 6.07) is -6.71. The van der Waals surface area contributed by atoms with E-state index in [0.29, 0.717) is 24.7 Å². The Morgan fingerprint density at radius 1 is 0.718 bits per heavy atom. The molecule has 3 heterocycles. The predicted octanol–water partition coefficient (Wildman–Crippen LogP) is -2.78. The first-order valence-corrected chi connectivity index (χ1v) is 27.0. The quantitative estimate of drug-likeness (QED) is 0.0588. The zero-order chi connectivity index (χ0) is 58.6. The maximum absolute atomic E-state index is 14.4. The summed E-state index contributed by atoms with van der Waals surface area (Å²) < 4.78 is 0. The van der Waals surface area contributed by atoms with Crippen LogP contribution in [0.3, 0.4) is 0 Å². The van der Waals surface area contributed by atoms with Crippen LogP contribution in [-0.4, -0.2) is 207 Å². The van der Waals surface area contributed by atoms with Crippen LogP contribution in [0.25, 0.3) is 0 Å². The second-order valence-electron chi connectivity index (χ2n) is 21.0. The number of aromatic hydroxyl groups is 1. The summed E-state index contributed by atoms with van der Waals surface area (Å²) in [6.07, 6.45) is -8.51. The Morgan fingerprint density at radius 2 is 1.29 bits per heavy atom. The van der Waals surface area contributed by atoms with Gasteiger partial charge in [-0.15, -0.1) is 0 Å². The molecule has 0 spiro atoms. The number of rotatable bonds is 20. The molecule has 78 heavy (non-hydrogen) atoms. The van der Waals surface area contributed by atoms with Crippen molar-refractivity contribution in [1.29, 1.82) is 0 Å². The van der Waals surface area contributed by atoms with Crippen LogP contribution in [0.2, 0.25) is 0 Å². The van der Waals surface area contributed by atoms with Gasteiger partial charge in [0.1, 0.15) is 60.3 Å². The van der Waals surface area contributed by atoms with Gasteiger partial charge < -0.3 is 93.2 Å². The molecule has 0 aliphatic carbocycles. The highest BCUT2D eigenvalue weighted by Gasteiger charge is 2.49. The maximum Gasteiger partial charge on any atom is 0.300 e. The Bertz CT molecular complexity index is 2120. The number of phenolic OH excluding ortho intramolecular Hbond substituents is 1. The van der Waals surface area contributed by atoms with Gasteiger partial charge in [0.05, 0.1) is 24.4 Å². The summed E-state index contributed by atoms with van der Waals surface area (Å²) in [5.41, 5.74) is 5.63. The van der Waals surface area contributed by atoms with Gasteiger partial charge in [0, 0.05) is 39.3 Å². The third-order valence-electron chi connectivity index (χ3n) is 14.4. The number of carbonyl (C=O) groups excluding carboxylic acids is 7. The molecule has 0 unspecified atom stereocenters. The molecule has 3 saturated heterocycles. The highest BCUT2D eigenvalue weighted by molar-refractivity contribution is 5.98. The topological polar surface area (TPSA) is 432 Å². The molecule has 16 atom stereocenters. The van der Waals surface area contributed by atoms with Crippen LogP contribution < -0.4 is 32.3 Å². The van der Waals surface area contributed by atoms with Gasteiger partial charge in [-0.3, -0.25) is 38.4 Å². The number of hydrogen-bond donors (Lipinski definition) is 16. The van der Waals surface area contributed by atoms with E-state index in [1.54, 1.807) is 0 Å². The number of carboxylic acid groups (broad SMARTS) is 1. The number of hydrogen-bond acceptors (Lipinski definition) is 18. The normalized spacial score (nSPS) is 28.1. The van der Waals surface area contributed by atoms with Crippen LogP contribution in [0.15, 0.2) is 24.3 Å². The van der Waals surface area contributed by atoms with E-state index in [4.69, 9.17) is 15.6 Å². The average molecular weight is 1110 g/mol. The molecule has 0 aromatic heterocycles. The van der Waals surface area contributed by atoms with Crippen molar-refractivity contribution in [2.75, 3.05) is 19.6 Å². The zero-order valence-electron chi connectivity index (χ0n) is 45.3. The van der Waals surface area contributed by atoms with Gasteiger partial charge in [-0.2, -0.15) is 0 Å². The van der Waals surface area contributed by atoms with Gasteiger partial charge in [0.2, 0.25) is 41.4 Å². The van der Waals surface area contributed by atoms with Crippen molar-refractivity contribution in [2.24, 2.45) is 17.6 Å². The lowest BCUT2D eigenvalue weighted by Gasteiger charge is -2.34. The molecule has 3 aliphatic heterocycles. The van der Waals surface area contributed by atoms with E-state index < -0.39 is 152 Å². The van der Waals surface area contributed by atoms with Gasteiger partial charge in [-0.25, -0.2) is 0 Å². The summed E-state index contributed by atoms with van der Waals surface area (Å²) in [5, 5.41) is 118. The van der Waals surface area contributed by atoms with Crippen molar-refractivity contribution in [1.82, 2.24) is 36.4 Å². The third kappa shape index (κ3) is 20.3. The highest BCUT2D eigenvalue weighted by Crippen LogP contribution is 2.27. The minimum absolute atomic E-state index is 0.0598. The number of phenols is 1. The highest BCUT2D eigenvalue weighted by atomic mass is 16.4. The second-order valence-corrected chi connectivity index (χ2v) is 21.0. The van der Waals surface area contributed by atoms with E-state index in [1.165, 1.54) is 18.6 Å². The van der Waals surface area contributed by atoms with Crippen molar-refractivity contribution < 1.29 is 89.4 Å². The van der Waals surface area contributed by atoms with E-state index in [1.807, 2.05) is 0 Å². The van der Waals surface area contributed by atoms with Crippen LogP contribution in [-0.2, 0) is 38.4 Å². The third-order valence-corrected chi connectivity index (χ3v) is 14.4. The summed E-state index contributed by atoms with van der Waals surface area (Å²) in [7, 11) is 0. The molecule has 4 rings (SSSR count). The Hall–Kier alpha value is -5.58. The number of carbonyl (C=O) groups is 8. The standard InChI is InChI=1S/C50H82N8O16.C2H4O2/c1-5-26(2)22-27(3)12-10-8-6-7-9-11-13-37(65)52-32-24-36(64)46(70)56-48(72)41-35(63)19-21-57(41)50(74)39(34(62)18-20-51)54-47(71)40(43(67)42(66)29-14-16-30(60)17-15-29)55-45(69)33-23-31(61)25-58(33)49(73)38(28(4)59)53-44(32)68;1-2(3)4/h14-17,26-28,31-36,38-43,46,59-64,66-67,70H,5-13,18-25,51H2,1-4H3,(H,52,65)(H,53,68)(H,54,71)(H,55,69)(H,56,72);1H3,(H,3,4)/t26-,27+,28+,31+,32-,33-,34+,35-,36+,38-,39-,40-,41-,42-,43-,46+;/m0./s1. The molecule has 26 nitrogen and oxygen atoms in total. The van der Waals surface area contributed by atoms with Crippen LogP contribution >= 0.6 is 0 Å². The molecule has 1 aromatic carbocycles. The minimum Gasteiger partial charge on any atom is -0.508 e. The average Bonchev–Trinajstić information content (AvgIpc) is 3.99. The van der Waals surface area contributed by atoms with Gasteiger partial charge in [0.15, 0.2) is 6.23 Å². The van der Waals surface area contributed by atoms with Gasteiger partial charge in [-0.05, 0) is 68.7 Å². The van der Waals surface area contributed by atoms with E-state index in [2.05, 4.69) is 47.4 Å². The number of nitrogens with two attached hydrogens (primary N) is 1. The molecule has 26 heteroatoms. The first-order chi connectivity index (χ1) is 36.7. The fraction of sp³-hybridized carbons (Fsp3) is 0.731. The maximum atomic E-state index is 14.4. The lowest BCUT2D eigenvalue weighted by Crippen LogP contribution is -2.64. The molecular formula is C52H86N8O18. The SMILES string of the molecule is CC(=O)O.CC[C@H](C)C[C@H](C)CCCCCCCCC(=O)N[C@H]1C[C@@H](O)[C@@H](O)NC(=O)[C@@H]2[C@@H](O)CCN2C(=O)[C@H]([C@H](O)CCN)NC(=O)[C@H]([C@H](O)[C@@H](O)c2ccc(O)cc2)NC(=O)[C@@H]2C[C@@H](O)CN2C(=O)[C@H]([C@@H](C)O)NC1=O. The summed E-state index contributed by atoms with van der Waals surface area (Å²) in [6.45, 7) is 7.75. The largest absolute Gasteiger partial charge is 0.508 e. The van der Waals surface area contributed by atoms with E-state index >= 15 is 0 Å². The number of fused-ring (bicyclic) bond motifs is 2. The van der Waals surface area contributed by atoms with E-state index in [-0.39, 0.29) is 43.7 Å². The summed E-state index contributed by atoms with van der Waals surface area (Å²) >= 11 is 0. The number of aliphatic hydroxyl groups excluding tert-OH is 8. The van der Waals surface area contributed by atoms with Crippen LogP contribution in [0.5, 0.6) is 5.75 Å². The number of unbranched alkanes of at least 4 members (excludes halogenated alkanes) is 5. The molecule has 1 aromatic rings. The first-order valence-electron chi connectivity index (χ1n) is 27.0. The van der Waals surface area contributed by atoms with Crippen molar-refractivity contribution >= 4 is 47.3 Å². The molecule has 17 N–H and O–H groups in total. The zero-order valence-corrected chi connectivity index (χ0v) is 45.3. The van der Waals surface area contributed by atoms with Gasteiger partial charge in [0.25, 0.3) is 5.97 Å². The van der Waals surface area contributed by atoms with Crippen LogP contribution in [0, 0.1) is 11.8 Å². The fourth-order valence-electron chi connectivity index (χ4n) is 9.81. The van der Waals surface area contributed by atoms with E-state index in [9.17, 15) is 79.5 Å². The molecule has 3 fully saturated rings. The fourth-order valence-corrected chi connectivity index (χ4v) is 9.81. The molecular weight excluding hydrogens is 1020 g/mol. The van der Waals surface area contributed by atoms with Crippen molar-refractivity contribution in [2.45, 2.75) is 210 Å². The Labute approximate surface area is 454 Å². The number of nitrogens with zero attached hydrogens (tertiary/aromatic N) is 2. The number of aliphatic hydroxyl groups is 8.